The van der Waals surface area contributed by atoms with Gasteiger partial charge >= 0.3 is 0 Å². The van der Waals surface area contributed by atoms with Crippen molar-refractivity contribution in [1.29, 1.82) is 0 Å². The van der Waals surface area contributed by atoms with Gasteiger partial charge in [0.1, 0.15) is 11.5 Å². The molecule has 0 saturated carbocycles. The van der Waals surface area contributed by atoms with Crippen LogP contribution >= 0.6 is 0 Å². The van der Waals surface area contributed by atoms with Crippen LogP contribution in [0.4, 0.5) is 0 Å². The minimum Gasteiger partial charge on any atom is -0.456 e. The fourth-order valence-corrected chi connectivity index (χ4v) is 3.20. The van der Waals surface area contributed by atoms with Crippen LogP contribution in [0.2, 0.25) is 0 Å². The predicted octanol–water partition coefficient (Wildman–Crippen LogP) is 6.78. The molecule has 0 N–H and O–H groups in total. The van der Waals surface area contributed by atoms with Gasteiger partial charge in [0.25, 0.3) is 0 Å². The van der Waals surface area contributed by atoms with E-state index in [1.54, 1.807) is 0 Å². The Bertz CT molecular complexity index is 1120. The summed E-state index contributed by atoms with van der Waals surface area (Å²) in [6.07, 6.45) is 11.0. The predicted molar refractivity (Wildman–Crippen MR) is 120 cm³/mol. The minimum atomic E-state index is 0.786. The normalized spacial score (nSPS) is 10.0. The fourth-order valence-electron chi connectivity index (χ4n) is 3.20. The summed E-state index contributed by atoms with van der Waals surface area (Å²) >= 11 is 0. The lowest BCUT2D eigenvalue weighted by Gasteiger charge is -2.15. The van der Waals surface area contributed by atoms with Crippen LogP contribution in [-0.2, 0) is 0 Å². The van der Waals surface area contributed by atoms with Crippen molar-refractivity contribution < 1.29 is 4.74 Å². The van der Waals surface area contributed by atoms with Gasteiger partial charge in [0.2, 0.25) is 0 Å². The van der Waals surface area contributed by atoms with Crippen molar-refractivity contribution in [1.82, 2.24) is 0 Å². The van der Waals surface area contributed by atoms with Crippen molar-refractivity contribution >= 4 is 0 Å². The molecule has 1 nitrogen and oxygen atoms in total. The molecular weight excluding hydrogens is 352 g/mol. The number of hydrogen-bond acceptors (Lipinski definition) is 1. The summed E-state index contributed by atoms with van der Waals surface area (Å²) in [6.45, 7) is 0. The lowest BCUT2D eigenvalue weighted by molar-refractivity contribution is 0.486. The molecular formula is C28H18O. The first kappa shape index (κ1) is 18.2. The van der Waals surface area contributed by atoms with Crippen molar-refractivity contribution in [2.24, 2.45) is 0 Å². The van der Waals surface area contributed by atoms with E-state index in [0.29, 0.717) is 0 Å². The number of para-hydroxylation sites is 2. The molecule has 1 heteroatoms. The zero-order valence-corrected chi connectivity index (χ0v) is 15.8. The lowest BCUT2D eigenvalue weighted by Crippen LogP contribution is -1.91. The van der Waals surface area contributed by atoms with E-state index < -0.39 is 0 Å². The molecule has 0 amide bonds. The topological polar surface area (TPSA) is 9.23 Å². The second-order valence-corrected chi connectivity index (χ2v) is 6.54. The molecule has 0 fully saturated rings. The molecule has 29 heavy (non-hydrogen) atoms. The summed E-state index contributed by atoms with van der Waals surface area (Å²) in [6, 6.07) is 31.8. The summed E-state index contributed by atoms with van der Waals surface area (Å²) < 4.78 is 6.38. The summed E-state index contributed by atoms with van der Waals surface area (Å²) in [5, 5.41) is 0. The van der Waals surface area contributed by atoms with Crippen LogP contribution in [0.5, 0.6) is 11.5 Å². The molecule has 0 atom stereocenters. The zero-order chi connectivity index (χ0) is 20.1. The van der Waals surface area contributed by atoms with E-state index in [1.165, 1.54) is 0 Å². The maximum Gasteiger partial charge on any atom is 0.135 e. The minimum absolute atomic E-state index is 0.786. The fraction of sp³-hybridized carbons (Fsp3) is 0. The Hall–Kier alpha value is -4.20. The van der Waals surface area contributed by atoms with E-state index in [9.17, 15) is 0 Å². The van der Waals surface area contributed by atoms with Crippen LogP contribution in [0.3, 0.4) is 0 Å². The Morgan fingerprint density at radius 1 is 0.483 bits per heavy atom. The van der Waals surface area contributed by atoms with E-state index in [0.717, 1.165) is 44.9 Å². The molecule has 0 unspecified atom stereocenters. The van der Waals surface area contributed by atoms with Gasteiger partial charge in [0.05, 0.1) is 0 Å². The third-order valence-corrected chi connectivity index (χ3v) is 4.72. The van der Waals surface area contributed by atoms with Gasteiger partial charge in [0, 0.05) is 22.3 Å². The van der Waals surface area contributed by atoms with Gasteiger partial charge in [-0.3, -0.25) is 0 Å². The molecule has 0 aliphatic heterocycles. The van der Waals surface area contributed by atoms with Gasteiger partial charge in [-0.2, -0.15) is 0 Å². The molecule has 0 aromatic heterocycles. The van der Waals surface area contributed by atoms with Gasteiger partial charge in [-0.1, -0.05) is 72.5 Å². The lowest BCUT2D eigenvalue weighted by atomic mass is 10.0. The Morgan fingerprint density at radius 3 is 1.24 bits per heavy atom. The van der Waals surface area contributed by atoms with Crippen LogP contribution < -0.4 is 4.74 Å². The van der Waals surface area contributed by atoms with Crippen LogP contribution in [0.1, 0.15) is 11.1 Å². The third-order valence-electron chi connectivity index (χ3n) is 4.72. The maximum atomic E-state index is 6.38. The molecule has 0 heterocycles. The number of benzene rings is 4. The number of terminal acetylenes is 2. The summed E-state index contributed by atoms with van der Waals surface area (Å²) in [5.41, 5.74) is 5.83. The Kier molecular flexibility index (Phi) is 5.15. The Balaban J connectivity index is 1.72. The highest BCUT2D eigenvalue weighted by Gasteiger charge is 2.11. The highest BCUT2D eigenvalue weighted by molar-refractivity contribution is 5.74. The van der Waals surface area contributed by atoms with Crippen LogP contribution in [-0.4, -0.2) is 0 Å². The molecule has 4 rings (SSSR count). The highest BCUT2D eigenvalue weighted by atomic mass is 16.5. The van der Waals surface area contributed by atoms with Gasteiger partial charge in [-0.05, 0) is 47.5 Å². The molecule has 4 aromatic carbocycles. The molecule has 4 aromatic rings. The molecule has 0 bridgehead atoms. The highest BCUT2D eigenvalue weighted by Crippen LogP contribution is 2.37. The van der Waals surface area contributed by atoms with Crippen LogP contribution in [0, 0.1) is 24.7 Å². The summed E-state index contributed by atoms with van der Waals surface area (Å²) in [4.78, 5) is 0. The largest absolute Gasteiger partial charge is 0.456 e. The average molecular weight is 370 g/mol. The van der Waals surface area contributed by atoms with Crippen LogP contribution in [0.15, 0.2) is 97.1 Å². The molecule has 0 radical (unpaired) electrons. The van der Waals surface area contributed by atoms with E-state index in [-0.39, 0.29) is 0 Å². The number of rotatable bonds is 4. The van der Waals surface area contributed by atoms with Gasteiger partial charge in [0.15, 0.2) is 0 Å². The third kappa shape index (κ3) is 3.91. The van der Waals surface area contributed by atoms with E-state index in [1.807, 2.05) is 97.1 Å². The van der Waals surface area contributed by atoms with Crippen molar-refractivity contribution in [3.63, 3.8) is 0 Å². The van der Waals surface area contributed by atoms with Crippen molar-refractivity contribution in [3.05, 3.63) is 108 Å². The molecule has 0 spiro atoms. The van der Waals surface area contributed by atoms with E-state index >= 15 is 0 Å². The first-order valence-electron chi connectivity index (χ1n) is 9.28. The Morgan fingerprint density at radius 2 is 0.862 bits per heavy atom. The molecule has 0 saturated heterocycles. The standard InChI is InChI=1S/C28H18O/c1-3-21-13-17-23(18-14-21)25-9-5-7-11-27(25)29-28-12-8-6-10-26(28)24-19-15-22(4-2)16-20-24/h1-2,5-20H. The first-order chi connectivity index (χ1) is 14.3. The second-order valence-electron chi connectivity index (χ2n) is 6.54. The number of hydrogen-bond donors (Lipinski definition) is 0. The Labute approximate surface area is 171 Å². The molecule has 0 aliphatic rings. The van der Waals surface area contributed by atoms with Gasteiger partial charge < -0.3 is 4.74 Å². The maximum absolute atomic E-state index is 6.38. The SMILES string of the molecule is C#Cc1ccc(-c2ccccc2Oc2ccccc2-c2ccc(C#C)cc2)cc1. The van der Waals surface area contributed by atoms with Crippen molar-refractivity contribution in [2.45, 2.75) is 0 Å². The van der Waals surface area contributed by atoms with Crippen molar-refractivity contribution in [2.75, 3.05) is 0 Å². The molecule has 0 aliphatic carbocycles. The average Bonchev–Trinajstić information content (AvgIpc) is 2.80. The zero-order valence-electron chi connectivity index (χ0n) is 15.8. The van der Waals surface area contributed by atoms with E-state index in [2.05, 4.69) is 11.8 Å². The second kappa shape index (κ2) is 8.22. The first-order valence-corrected chi connectivity index (χ1v) is 9.28. The van der Waals surface area contributed by atoms with E-state index in [4.69, 9.17) is 17.6 Å². The van der Waals surface area contributed by atoms with Gasteiger partial charge in [-0.15, -0.1) is 12.8 Å². The van der Waals surface area contributed by atoms with Crippen molar-refractivity contribution in [3.8, 4) is 58.4 Å². The quantitative estimate of drug-likeness (QED) is 0.360. The van der Waals surface area contributed by atoms with Gasteiger partial charge in [-0.25, -0.2) is 0 Å². The molecule has 136 valence electrons. The smallest absolute Gasteiger partial charge is 0.135 e. The summed E-state index contributed by atoms with van der Waals surface area (Å²) in [7, 11) is 0. The number of ether oxygens (including phenoxy) is 1. The summed E-state index contributed by atoms with van der Waals surface area (Å²) in [5.74, 6) is 6.87. The van der Waals surface area contributed by atoms with Crippen LogP contribution in [0.25, 0.3) is 22.3 Å². The monoisotopic (exact) mass is 370 g/mol.